The number of alkyl halides is 1. The number of hydroxylamine groups is 1. The fourth-order valence-corrected chi connectivity index (χ4v) is 5.77. The predicted molar refractivity (Wildman–Crippen MR) is 126 cm³/mol. The fraction of sp³-hybridized carbons (Fsp3) is 0.458. The minimum absolute atomic E-state index is 0.0152. The molecule has 0 saturated heterocycles. The van der Waals surface area contributed by atoms with Gasteiger partial charge in [-0.3, -0.25) is 19.3 Å². The molecule has 0 spiro atoms. The van der Waals surface area contributed by atoms with E-state index in [9.17, 15) is 34.4 Å². The number of carbonyl (C=O) groups excluding carboxylic acids is 2. The molecule has 4 atom stereocenters. The number of benzene rings is 1. The largest absolute Gasteiger partial charge is 0.510 e. The standard InChI is InChI=1S/C24H29FN4O7/c1-29(2)18-13-8-11-7-12-10(9-28-36-6-5-25)3-4-14(30)16(12)19(31)15(11)22(33)24(13,35)21(26)17(20(18)32)23(27)34/h3-4,11,13,18,26,28,30-32,35H,5-9H2,1-2H3,(H2,27,34)/t11-,13-,18-,24+/m0/s1. The summed E-state index contributed by atoms with van der Waals surface area (Å²) in [5.74, 6) is -5.11. The lowest BCUT2D eigenvalue weighted by molar-refractivity contribution is -0.138. The SMILES string of the molecule is CN(C)[C@@H]1C(O)=C(C(N)=O)C(=N)[C@@]2(O)C(=O)C3=C(O)c4c(O)ccc(CNOCCF)c4C[C@H]3C[C@@H]12. The van der Waals surface area contributed by atoms with Crippen molar-refractivity contribution in [3.63, 3.8) is 0 Å². The maximum Gasteiger partial charge on any atom is 0.254 e. The highest BCUT2D eigenvalue weighted by molar-refractivity contribution is 6.33. The smallest absolute Gasteiger partial charge is 0.254 e. The molecule has 0 aliphatic heterocycles. The third-order valence-electron chi connectivity index (χ3n) is 7.30. The van der Waals surface area contributed by atoms with Gasteiger partial charge in [0.1, 0.15) is 29.5 Å². The van der Waals surface area contributed by atoms with Crippen LogP contribution in [0.4, 0.5) is 4.39 Å². The summed E-state index contributed by atoms with van der Waals surface area (Å²) < 4.78 is 12.3. The molecule has 0 aromatic heterocycles. The lowest BCUT2D eigenvalue weighted by atomic mass is 9.56. The third kappa shape index (κ3) is 3.68. The van der Waals surface area contributed by atoms with Crippen LogP contribution < -0.4 is 11.2 Å². The summed E-state index contributed by atoms with van der Waals surface area (Å²) in [7, 11) is 3.19. The fourth-order valence-electron chi connectivity index (χ4n) is 5.77. The van der Waals surface area contributed by atoms with E-state index in [4.69, 9.17) is 16.0 Å². The van der Waals surface area contributed by atoms with Crippen LogP contribution >= 0.6 is 0 Å². The molecule has 0 heterocycles. The average Bonchev–Trinajstić information content (AvgIpc) is 2.80. The van der Waals surface area contributed by atoms with Crippen molar-refractivity contribution in [3.05, 3.63) is 45.7 Å². The first kappa shape index (κ1) is 25.8. The zero-order valence-electron chi connectivity index (χ0n) is 19.8. The first-order valence-corrected chi connectivity index (χ1v) is 11.4. The Bertz CT molecular complexity index is 1210. The Kier molecular flexibility index (Phi) is 6.64. The number of likely N-dealkylation sites (N-methyl/N-ethyl adjacent to an activating group) is 1. The Hall–Kier alpha value is -3.32. The topological polar surface area (TPSA) is 189 Å². The number of phenolic OH excluding ortho intramolecular Hbond substituents is 1. The van der Waals surface area contributed by atoms with Gasteiger partial charge >= 0.3 is 0 Å². The van der Waals surface area contributed by atoms with Gasteiger partial charge in [-0.1, -0.05) is 6.07 Å². The van der Waals surface area contributed by atoms with E-state index in [1.54, 1.807) is 20.2 Å². The highest BCUT2D eigenvalue weighted by atomic mass is 19.1. The number of aliphatic hydroxyl groups is 3. The van der Waals surface area contributed by atoms with Gasteiger partial charge < -0.3 is 31.6 Å². The number of amides is 1. The highest BCUT2D eigenvalue weighted by Gasteiger charge is 2.63. The van der Waals surface area contributed by atoms with E-state index in [-0.39, 0.29) is 42.9 Å². The summed E-state index contributed by atoms with van der Waals surface area (Å²) in [5.41, 5.74) is 5.05. The van der Waals surface area contributed by atoms with E-state index in [0.717, 1.165) is 0 Å². The lowest BCUT2D eigenvalue weighted by Gasteiger charge is -2.51. The molecular formula is C24H29FN4O7. The van der Waals surface area contributed by atoms with Gasteiger partial charge in [-0.05, 0) is 50.0 Å². The molecule has 11 nitrogen and oxygen atoms in total. The van der Waals surface area contributed by atoms with E-state index in [1.165, 1.54) is 11.0 Å². The second-order valence-electron chi connectivity index (χ2n) is 9.46. The number of ketones is 1. The molecule has 4 rings (SSSR count). The number of carbonyl (C=O) groups is 2. The maximum absolute atomic E-state index is 13.8. The summed E-state index contributed by atoms with van der Waals surface area (Å²) in [6.45, 7) is -0.701. The van der Waals surface area contributed by atoms with E-state index in [1.807, 2.05) is 0 Å². The molecule has 3 aliphatic carbocycles. The summed E-state index contributed by atoms with van der Waals surface area (Å²) >= 11 is 0. The van der Waals surface area contributed by atoms with Crippen molar-refractivity contribution in [2.75, 3.05) is 27.4 Å². The average molecular weight is 505 g/mol. The van der Waals surface area contributed by atoms with Crippen LogP contribution in [-0.2, 0) is 27.4 Å². The van der Waals surface area contributed by atoms with Crippen molar-refractivity contribution in [3.8, 4) is 5.75 Å². The van der Waals surface area contributed by atoms with E-state index in [0.29, 0.717) is 11.1 Å². The number of hydrogen-bond donors (Lipinski definition) is 7. The minimum Gasteiger partial charge on any atom is -0.510 e. The van der Waals surface area contributed by atoms with Crippen LogP contribution in [0.2, 0.25) is 0 Å². The number of nitrogens with two attached hydrogens (primary N) is 1. The number of halogens is 1. The number of rotatable bonds is 7. The van der Waals surface area contributed by atoms with Gasteiger partial charge in [0.05, 0.1) is 23.9 Å². The van der Waals surface area contributed by atoms with Gasteiger partial charge in [0.15, 0.2) is 5.60 Å². The van der Waals surface area contributed by atoms with Crippen LogP contribution in [0.15, 0.2) is 29.0 Å². The molecule has 1 fully saturated rings. The molecular weight excluding hydrogens is 475 g/mol. The number of aliphatic hydroxyl groups excluding tert-OH is 2. The Labute approximate surface area is 206 Å². The Morgan fingerprint density at radius 1 is 1.33 bits per heavy atom. The summed E-state index contributed by atoms with van der Waals surface area (Å²) in [6.07, 6.45) is 0.269. The summed E-state index contributed by atoms with van der Waals surface area (Å²) in [6, 6.07) is 1.95. The van der Waals surface area contributed by atoms with Crippen LogP contribution in [0.25, 0.3) is 5.76 Å². The second kappa shape index (κ2) is 9.28. The van der Waals surface area contributed by atoms with E-state index < -0.39 is 64.6 Å². The Morgan fingerprint density at radius 2 is 2.03 bits per heavy atom. The maximum atomic E-state index is 13.8. The molecule has 0 unspecified atom stereocenters. The molecule has 0 bridgehead atoms. The van der Waals surface area contributed by atoms with Gasteiger partial charge in [0.25, 0.3) is 5.91 Å². The molecule has 1 aromatic rings. The molecule has 12 heteroatoms. The van der Waals surface area contributed by atoms with Crippen molar-refractivity contribution in [2.24, 2.45) is 17.6 Å². The molecule has 0 radical (unpaired) electrons. The van der Waals surface area contributed by atoms with Gasteiger partial charge in [0.2, 0.25) is 5.78 Å². The van der Waals surface area contributed by atoms with E-state index >= 15 is 0 Å². The first-order valence-electron chi connectivity index (χ1n) is 11.4. The monoisotopic (exact) mass is 504 g/mol. The van der Waals surface area contributed by atoms with Crippen molar-refractivity contribution in [2.45, 2.75) is 31.0 Å². The zero-order chi connectivity index (χ0) is 26.5. The quantitative estimate of drug-likeness (QED) is 0.204. The predicted octanol–water partition coefficient (Wildman–Crippen LogP) is 0.405. The Balaban J connectivity index is 1.84. The first-order chi connectivity index (χ1) is 17.0. The minimum atomic E-state index is -2.53. The number of phenols is 1. The second-order valence-corrected chi connectivity index (χ2v) is 9.46. The van der Waals surface area contributed by atoms with Crippen molar-refractivity contribution < 1.29 is 39.2 Å². The number of Topliss-reactive ketones (excluding diaryl/α,β-unsaturated/α-hetero) is 1. The third-order valence-corrected chi connectivity index (χ3v) is 7.30. The van der Waals surface area contributed by atoms with Crippen LogP contribution in [-0.4, -0.2) is 81.7 Å². The van der Waals surface area contributed by atoms with Gasteiger partial charge in [0, 0.05) is 18.0 Å². The van der Waals surface area contributed by atoms with Crippen LogP contribution in [0.3, 0.4) is 0 Å². The van der Waals surface area contributed by atoms with Crippen LogP contribution in [0, 0.1) is 17.2 Å². The molecule has 1 aromatic carbocycles. The highest BCUT2D eigenvalue weighted by Crippen LogP contribution is 2.52. The number of primary amides is 1. The van der Waals surface area contributed by atoms with Gasteiger partial charge in [-0.2, -0.15) is 5.48 Å². The van der Waals surface area contributed by atoms with Gasteiger partial charge in [-0.15, -0.1) is 0 Å². The Morgan fingerprint density at radius 3 is 2.64 bits per heavy atom. The summed E-state index contributed by atoms with van der Waals surface area (Å²) in [4.78, 5) is 32.4. The number of nitrogens with one attached hydrogen (secondary N) is 2. The van der Waals surface area contributed by atoms with Gasteiger partial charge in [-0.25, -0.2) is 4.39 Å². The summed E-state index contributed by atoms with van der Waals surface area (Å²) in [5, 5.41) is 52.7. The van der Waals surface area contributed by atoms with E-state index in [2.05, 4.69) is 5.48 Å². The molecule has 36 heavy (non-hydrogen) atoms. The van der Waals surface area contributed by atoms with Crippen molar-refractivity contribution >= 4 is 23.2 Å². The molecule has 3 aliphatic rings. The molecule has 1 saturated carbocycles. The normalized spacial score (nSPS) is 27.8. The zero-order valence-corrected chi connectivity index (χ0v) is 19.8. The van der Waals surface area contributed by atoms with Crippen LogP contribution in [0.5, 0.6) is 5.75 Å². The molecule has 8 N–H and O–H groups in total. The van der Waals surface area contributed by atoms with Crippen molar-refractivity contribution in [1.29, 1.82) is 5.41 Å². The number of nitrogens with zero attached hydrogens (tertiary/aromatic N) is 1. The number of hydrogen-bond acceptors (Lipinski definition) is 10. The lowest BCUT2D eigenvalue weighted by Crippen LogP contribution is -2.67. The number of aromatic hydroxyl groups is 1. The van der Waals surface area contributed by atoms with Crippen LogP contribution in [0.1, 0.15) is 23.1 Å². The molecule has 194 valence electrons. The number of fused-ring (bicyclic) bond motifs is 3. The molecule has 1 amide bonds. The van der Waals surface area contributed by atoms with Crippen molar-refractivity contribution in [1.82, 2.24) is 10.4 Å².